The van der Waals surface area contributed by atoms with E-state index in [2.05, 4.69) is 50.4 Å². The number of para-hydroxylation sites is 1. The molecule has 0 aliphatic heterocycles. The number of unbranched alkanes of at least 4 members (excludes halogenated alkanes) is 5. The molecule has 0 aliphatic carbocycles. The highest BCUT2D eigenvalue weighted by atomic mass is 16.5. The van der Waals surface area contributed by atoms with Crippen LogP contribution in [0, 0.1) is 0 Å². The molecule has 1 rings (SSSR count). The number of hydrogen-bond acceptors (Lipinski definition) is 2. The average molecular weight is 291 g/mol. The van der Waals surface area contributed by atoms with Gasteiger partial charge in [0.25, 0.3) is 0 Å². The summed E-state index contributed by atoms with van der Waals surface area (Å²) in [5.74, 6) is 1.04. The van der Waals surface area contributed by atoms with E-state index >= 15 is 0 Å². The molecule has 0 aliphatic rings. The van der Waals surface area contributed by atoms with Crippen molar-refractivity contribution in [3.63, 3.8) is 0 Å². The van der Waals surface area contributed by atoms with E-state index in [1.54, 1.807) is 0 Å². The Morgan fingerprint density at radius 3 is 2.43 bits per heavy atom. The lowest BCUT2D eigenvalue weighted by Gasteiger charge is -2.18. The Bertz CT molecular complexity index is 364. The molecule has 120 valence electrons. The fraction of sp³-hybridized carbons (Fsp3) is 0.684. The van der Waals surface area contributed by atoms with Crippen molar-refractivity contribution >= 4 is 0 Å². The van der Waals surface area contributed by atoms with Gasteiger partial charge in [0.05, 0.1) is 6.61 Å². The molecule has 1 aromatic carbocycles. The summed E-state index contributed by atoms with van der Waals surface area (Å²) in [5.41, 5.74) is 1.28. The highest BCUT2D eigenvalue weighted by Gasteiger charge is 2.10. The first-order chi connectivity index (χ1) is 10.3. The molecule has 1 aromatic rings. The van der Waals surface area contributed by atoms with Crippen LogP contribution in [0.5, 0.6) is 5.75 Å². The zero-order valence-electron chi connectivity index (χ0n) is 14.2. The van der Waals surface area contributed by atoms with Gasteiger partial charge in [0, 0.05) is 11.6 Å². The molecule has 0 aromatic heterocycles. The lowest BCUT2D eigenvalue weighted by atomic mass is 10.1. The van der Waals surface area contributed by atoms with Crippen molar-refractivity contribution in [2.24, 2.45) is 0 Å². The molecule has 1 unspecified atom stereocenters. The van der Waals surface area contributed by atoms with E-state index in [9.17, 15) is 0 Å². The first kappa shape index (κ1) is 18.0. The third-order valence-corrected chi connectivity index (χ3v) is 3.87. The fourth-order valence-electron chi connectivity index (χ4n) is 2.48. The maximum absolute atomic E-state index is 5.97. The van der Waals surface area contributed by atoms with Crippen molar-refractivity contribution in [2.75, 3.05) is 13.2 Å². The summed E-state index contributed by atoms with van der Waals surface area (Å²) >= 11 is 0. The largest absolute Gasteiger partial charge is 0.493 e. The highest BCUT2D eigenvalue weighted by Crippen LogP contribution is 2.25. The normalized spacial score (nSPS) is 12.3. The quantitative estimate of drug-likeness (QED) is 0.514. The van der Waals surface area contributed by atoms with Gasteiger partial charge >= 0.3 is 0 Å². The maximum Gasteiger partial charge on any atom is 0.124 e. The lowest BCUT2D eigenvalue weighted by Crippen LogP contribution is -2.20. The van der Waals surface area contributed by atoms with Crippen LogP contribution in [0.2, 0.25) is 0 Å². The van der Waals surface area contributed by atoms with E-state index in [-0.39, 0.29) is 0 Å². The van der Waals surface area contributed by atoms with Crippen LogP contribution in [-0.4, -0.2) is 13.2 Å². The third-order valence-electron chi connectivity index (χ3n) is 3.87. The van der Waals surface area contributed by atoms with Gasteiger partial charge in [-0.15, -0.1) is 0 Å². The zero-order valence-corrected chi connectivity index (χ0v) is 14.2. The van der Waals surface area contributed by atoms with Gasteiger partial charge in [-0.1, -0.05) is 64.2 Å². The summed E-state index contributed by atoms with van der Waals surface area (Å²) in [6.45, 7) is 8.62. The summed E-state index contributed by atoms with van der Waals surface area (Å²) in [6.07, 6.45) is 8.85. The molecule has 0 saturated heterocycles. The summed E-state index contributed by atoms with van der Waals surface area (Å²) in [4.78, 5) is 0. The van der Waals surface area contributed by atoms with E-state index in [1.165, 1.54) is 44.1 Å². The minimum absolute atomic E-state index is 0.356. The Kier molecular flexibility index (Phi) is 9.98. The fourth-order valence-corrected chi connectivity index (χ4v) is 2.48. The minimum Gasteiger partial charge on any atom is -0.493 e. The van der Waals surface area contributed by atoms with Crippen molar-refractivity contribution in [2.45, 2.75) is 71.8 Å². The van der Waals surface area contributed by atoms with Crippen LogP contribution in [0.3, 0.4) is 0 Å². The van der Waals surface area contributed by atoms with Crippen molar-refractivity contribution in [3.05, 3.63) is 29.8 Å². The first-order valence-electron chi connectivity index (χ1n) is 8.74. The van der Waals surface area contributed by atoms with Crippen LogP contribution in [0.4, 0.5) is 0 Å². The molecule has 21 heavy (non-hydrogen) atoms. The van der Waals surface area contributed by atoms with Crippen LogP contribution in [0.25, 0.3) is 0 Å². The molecule has 0 amide bonds. The zero-order chi connectivity index (χ0) is 15.3. The van der Waals surface area contributed by atoms with Gasteiger partial charge in [-0.25, -0.2) is 0 Å². The molecule has 0 saturated carbocycles. The van der Waals surface area contributed by atoms with Crippen molar-refractivity contribution in [1.29, 1.82) is 0 Å². The van der Waals surface area contributed by atoms with E-state index in [0.717, 1.165) is 25.3 Å². The van der Waals surface area contributed by atoms with Gasteiger partial charge in [0.2, 0.25) is 0 Å². The molecular formula is C19H33NO. The predicted octanol–water partition coefficient (Wildman–Crippen LogP) is 5.49. The van der Waals surface area contributed by atoms with Crippen LogP contribution in [-0.2, 0) is 0 Å². The van der Waals surface area contributed by atoms with Gasteiger partial charge in [0.15, 0.2) is 0 Å². The van der Waals surface area contributed by atoms with Crippen LogP contribution in [0.15, 0.2) is 24.3 Å². The van der Waals surface area contributed by atoms with Crippen molar-refractivity contribution < 1.29 is 4.74 Å². The topological polar surface area (TPSA) is 21.3 Å². The molecule has 0 radical (unpaired) electrons. The smallest absolute Gasteiger partial charge is 0.124 e. The predicted molar refractivity (Wildman–Crippen MR) is 92.0 cm³/mol. The Balaban J connectivity index is 2.40. The summed E-state index contributed by atoms with van der Waals surface area (Å²) in [6, 6.07) is 8.79. The maximum atomic E-state index is 5.97. The number of benzene rings is 1. The van der Waals surface area contributed by atoms with Crippen molar-refractivity contribution in [3.8, 4) is 5.75 Å². The lowest BCUT2D eigenvalue weighted by molar-refractivity contribution is 0.300. The third kappa shape index (κ3) is 7.52. The van der Waals surface area contributed by atoms with Gasteiger partial charge < -0.3 is 10.1 Å². The molecule has 2 heteroatoms. The van der Waals surface area contributed by atoms with E-state index < -0.39 is 0 Å². The second-order valence-corrected chi connectivity index (χ2v) is 5.83. The Morgan fingerprint density at radius 2 is 1.67 bits per heavy atom. The first-order valence-corrected chi connectivity index (χ1v) is 8.74. The molecule has 2 nitrogen and oxygen atoms in total. The molecule has 0 spiro atoms. The van der Waals surface area contributed by atoms with E-state index in [1.807, 2.05) is 0 Å². The van der Waals surface area contributed by atoms with Gasteiger partial charge in [-0.05, 0) is 32.4 Å². The number of ether oxygens (including phenoxy) is 1. The monoisotopic (exact) mass is 291 g/mol. The van der Waals surface area contributed by atoms with E-state index in [4.69, 9.17) is 4.74 Å². The van der Waals surface area contributed by atoms with Gasteiger partial charge in [0.1, 0.15) is 5.75 Å². The van der Waals surface area contributed by atoms with E-state index in [0.29, 0.717) is 6.04 Å². The Labute approximate surface area is 131 Å². The van der Waals surface area contributed by atoms with Crippen LogP contribution in [0.1, 0.15) is 77.3 Å². The standard InChI is InChI=1S/C19H33NO/c1-4-6-8-11-15-20-17(3)18-13-9-10-14-19(18)21-16-12-7-5-2/h9-10,13-14,17,20H,4-8,11-12,15-16H2,1-3H3. The molecule has 1 atom stereocenters. The van der Waals surface area contributed by atoms with Gasteiger partial charge in [-0.2, -0.15) is 0 Å². The number of hydrogen-bond donors (Lipinski definition) is 1. The van der Waals surface area contributed by atoms with Gasteiger partial charge in [-0.3, -0.25) is 0 Å². The number of rotatable bonds is 12. The highest BCUT2D eigenvalue weighted by molar-refractivity contribution is 5.35. The second-order valence-electron chi connectivity index (χ2n) is 5.83. The second kappa shape index (κ2) is 11.6. The number of nitrogens with one attached hydrogen (secondary N) is 1. The summed E-state index contributed by atoms with van der Waals surface area (Å²) < 4.78 is 5.97. The average Bonchev–Trinajstić information content (AvgIpc) is 2.51. The summed E-state index contributed by atoms with van der Waals surface area (Å²) in [7, 11) is 0. The molecule has 0 fully saturated rings. The molecule has 0 heterocycles. The molecule has 0 bridgehead atoms. The SMILES string of the molecule is CCCCCCNC(C)c1ccccc1OCCCCC. The Morgan fingerprint density at radius 1 is 0.952 bits per heavy atom. The molecular weight excluding hydrogens is 258 g/mol. The van der Waals surface area contributed by atoms with Crippen LogP contribution >= 0.6 is 0 Å². The van der Waals surface area contributed by atoms with Crippen LogP contribution < -0.4 is 10.1 Å². The molecule has 1 N–H and O–H groups in total. The summed E-state index contributed by atoms with van der Waals surface area (Å²) in [5, 5.41) is 3.62. The Hall–Kier alpha value is -1.02. The minimum atomic E-state index is 0.356. The van der Waals surface area contributed by atoms with Crippen molar-refractivity contribution in [1.82, 2.24) is 5.32 Å².